The minimum atomic E-state index is -0.905. The Morgan fingerprint density at radius 3 is 1.57 bits per heavy atom. The zero-order chi connectivity index (χ0) is 16.2. The quantitative estimate of drug-likeness (QED) is 0.549. The third kappa shape index (κ3) is 4.68. The molecule has 0 unspecified atom stereocenters. The highest BCUT2D eigenvalue weighted by atomic mass is 16.8. The second-order valence-corrected chi connectivity index (χ2v) is 5.18. The van der Waals surface area contributed by atoms with Crippen LogP contribution >= 0.6 is 0 Å². The molecule has 21 heavy (non-hydrogen) atoms. The summed E-state index contributed by atoms with van der Waals surface area (Å²) < 4.78 is 21.9. The fourth-order valence-electron chi connectivity index (χ4n) is 2.21. The molecule has 0 N–H and O–H groups in total. The predicted octanol–water partition coefficient (Wildman–Crippen LogP) is 1.74. The molecule has 0 amide bonds. The van der Waals surface area contributed by atoms with Crippen molar-refractivity contribution in [3.63, 3.8) is 0 Å². The Kier molecular flexibility index (Phi) is 5.69. The highest BCUT2D eigenvalue weighted by Gasteiger charge is 2.49. The van der Waals surface area contributed by atoms with Crippen molar-refractivity contribution in [2.24, 2.45) is 0 Å². The molecule has 118 valence electrons. The van der Waals surface area contributed by atoms with Crippen LogP contribution in [0.3, 0.4) is 0 Å². The first-order valence-electron chi connectivity index (χ1n) is 6.65. The average molecular weight is 298 g/mol. The molecular formula is C15H22O6. The fourth-order valence-corrected chi connectivity index (χ4v) is 2.21. The minimum absolute atomic E-state index is 0.463. The lowest BCUT2D eigenvalue weighted by Gasteiger charge is -2.27. The van der Waals surface area contributed by atoms with E-state index in [2.05, 4.69) is 13.2 Å². The van der Waals surface area contributed by atoms with Gasteiger partial charge >= 0.3 is 11.9 Å². The van der Waals surface area contributed by atoms with Crippen molar-refractivity contribution in [2.45, 2.75) is 57.9 Å². The Bertz CT molecular complexity index is 390. The van der Waals surface area contributed by atoms with Gasteiger partial charge in [-0.2, -0.15) is 0 Å². The molecule has 4 atom stereocenters. The van der Waals surface area contributed by atoms with Gasteiger partial charge in [-0.05, 0) is 26.0 Å². The number of esters is 2. The summed E-state index contributed by atoms with van der Waals surface area (Å²) in [6, 6.07) is 0. The molecule has 0 aliphatic carbocycles. The van der Waals surface area contributed by atoms with Crippen molar-refractivity contribution < 1.29 is 28.5 Å². The first-order chi connectivity index (χ1) is 9.70. The highest BCUT2D eigenvalue weighted by Crippen LogP contribution is 2.34. The van der Waals surface area contributed by atoms with Gasteiger partial charge in [-0.3, -0.25) is 9.59 Å². The van der Waals surface area contributed by atoms with Crippen molar-refractivity contribution in [1.82, 2.24) is 0 Å². The smallest absolute Gasteiger partial charge is 0.303 e. The topological polar surface area (TPSA) is 71.1 Å². The van der Waals surface area contributed by atoms with Gasteiger partial charge in [0.05, 0.1) is 0 Å². The summed E-state index contributed by atoms with van der Waals surface area (Å²) in [7, 11) is 0. The van der Waals surface area contributed by atoms with Gasteiger partial charge in [0.15, 0.2) is 5.79 Å². The van der Waals surface area contributed by atoms with E-state index in [9.17, 15) is 9.59 Å². The second-order valence-electron chi connectivity index (χ2n) is 5.18. The van der Waals surface area contributed by atoms with Gasteiger partial charge < -0.3 is 18.9 Å². The third-order valence-electron chi connectivity index (χ3n) is 2.88. The van der Waals surface area contributed by atoms with E-state index in [-0.39, 0.29) is 0 Å². The van der Waals surface area contributed by atoms with Crippen LogP contribution in [0.1, 0.15) is 27.7 Å². The first kappa shape index (κ1) is 17.4. The van der Waals surface area contributed by atoms with Crippen molar-refractivity contribution >= 4 is 11.9 Å². The number of ether oxygens (including phenoxy) is 4. The second kappa shape index (κ2) is 6.87. The van der Waals surface area contributed by atoms with Crippen LogP contribution in [0.4, 0.5) is 0 Å². The molecule has 0 radical (unpaired) electrons. The van der Waals surface area contributed by atoms with E-state index >= 15 is 0 Å². The lowest BCUT2D eigenvalue weighted by Crippen LogP contribution is -2.44. The normalized spacial score (nSPS) is 26.5. The van der Waals surface area contributed by atoms with Gasteiger partial charge in [0.25, 0.3) is 0 Å². The van der Waals surface area contributed by atoms with E-state index in [1.165, 1.54) is 26.0 Å². The average Bonchev–Trinajstić information content (AvgIpc) is 2.68. The van der Waals surface area contributed by atoms with E-state index in [4.69, 9.17) is 18.9 Å². The van der Waals surface area contributed by atoms with Crippen molar-refractivity contribution in [3.8, 4) is 0 Å². The summed E-state index contributed by atoms with van der Waals surface area (Å²) in [4.78, 5) is 22.4. The van der Waals surface area contributed by atoms with Crippen LogP contribution in [0.5, 0.6) is 0 Å². The molecule has 1 fully saturated rings. The minimum Gasteiger partial charge on any atom is -0.455 e. The van der Waals surface area contributed by atoms with Gasteiger partial charge in [-0.25, -0.2) is 0 Å². The van der Waals surface area contributed by atoms with Crippen molar-refractivity contribution in [2.75, 3.05) is 0 Å². The molecule has 1 aliphatic heterocycles. The van der Waals surface area contributed by atoms with Crippen LogP contribution < -0.4 is 0 Å². The molecule has 1 rings (SSSR count). The Labute approximate surface area is 124 Å². The largest absolute Gasteiger partial charge is 0.455 e. The van der Waals surface area contributed by atoms with Crippen LogP contribution in [0.2, 0.25) is 0 Å². The Morgan fingerprint density at radius 1 is 1.00 bits per heavy atom. The predicted molar refractivity (Wildman–Crippen MR) is 75.3 cm³/mol. The maximum atomic E-state index is 11.2. The lowest BCUT2D eigenvalue weighted by molar-refractivity contribution is -0.169. The fraction of sp³-hybridized carbons (Fsp3) is 0.600. The Morgan fingerprint density at radius 2 is 1.33 bits per heavy atom. The SMILES string of the molecule is C=C[C@H](OC(C)=O)[C@@H]1OC(C)(C)O[C@H]1[C@H](C=C)OC(C)=O. The maximum absolute atomic E-state index is 11.2. The molecule has 1 saturated heterocycles. The van der Waals surface area contributed by atoms with Crippen molar-refractivity contribution in [3.05, 3.63) is 25.3 Å². The summed E-state index contributed by atoms with van der Waals surface area (Å²) in [5.74, 6) is -1.83. The Hall–Kier alpha value is -1.66. The van der Waals surface area contributed by atoms with E-state index in [0.717, 1.165) is 0 Å². The molecule has 6 heteroatoms. The molecule has 6 nitrogen and oxygen atoms in total. The zero-order valence-electron chi connectivity index (χ0n) is 12.8. The maximum Gasteiger partial charge on any atom is 0.303 e. The molecule has 0 aromatic rings. The summed E-state index contributed by atoms with van der Waals surface area (Å²) in [6.45, 7) is 13.3. The summed E-state index contributed by atoms with van der Waals surface area (Å²) in [5, 5.41) is 0. The van der Waals surface area contributed by atoms with Gasteiger partial charge in [-0.15, -0.1) is 0 Å². The molecule has 1 heterocycles. The number of hydrogen-bond donors (Lipinski definition) is 0. The number of carbonyl (C=O) groups is 2. The number of rotatable bonds is 6. The summed E-state index contributed by atoms with van der Waals surface area (Å²) in [6.07, 6.45) is 0.183. The van der Waals surface area contributed by atoms with Gasteiger partial charge in [0.2, 0.25) is 0 Å². The summed E-state index contributed by atoms with van der Waals surface area (Å²) >= 11 is 0. The lowest BCUT2D eigenvalue weighted by atomic mass is 10.0. The molecule has 0 spiro atoms. The van der Waals surface area contributed by atoms with Gasteiger partial charge in [-0.1, -0.05) is 13.2 Å². The van der Waals surface area contributed by atoms with Crippen LogP contribution in [-0.4, -0.2) is 42.1 Å². The number of carbonyl (C=O) groups excluding carboxylic acids is 2. The van der Waals surface area contributed by atoms with Crippen LogP contribution in [0.15, 0.2) is 25.3 Å². The van der Waals surface area contributed by atoms with E-state index in [1.54, 1.807) is 13.8 Å². The first-order valence-corrected chi connectivity index (χ1v) is 6.65. The van der Waals surface area contributed by atoms with E-state index in [0.29, 0.717) is 0 Å². The summed E-state index contributed by atoms with van der Waals surface area (Å²) in [5.41, 5.74) is 0. The zero-order valence-corrected chi connectivity index (χ0v) is 12.8. The third-order valence-corrected chi connectivity index (χ3v) is 2.88. The Balaban J connectivity index is 3.01. The molecule has 0 aromatic carbocycles. The molecular weight excluding hydrogens is 276 g/mol. The molecule has 1 aliphatic rings. The van der Waals surface area contributed by atoms with Crippen molar-refractivity contribution in [1.29, 1.82) is 0 Å². The van der Waals surface area contributed by atoms with Gasteiger partial charge in [0.1, 0.15) is 24.4 Å². The number of hydrogen-bond acceptors (Lipinski definition) is 6. The molecule has 0 bridgehead atoms. The molecule has 0 aromatic heterocycles. The van der Waals surface area contributed by atoms with E-state index in [1.807, 2.05) is 0 Å². The standard InChI is InChI=1S/C15H22O6/c1-7-11(18-9(3)16)13-14(21-15(5,6)20-13)12(8-2)19-10(4)17/h7-8,11-14H,1-2H2,3-6H3/t11-,12-,13-,14-/m0/s1. The van der Waals surface area contributed by atoms with Crippen LogP contribution in [0, 0.1) is 0 Å². The van der Waals surface area contributed by atoms with E-state index < -0.39 is 42.1 Å². The van der Waals surface area contributed by atoms with Crippen LogP contribution in [0.25, 0.3) is 0 Å². The van der Waals surface area contributed by atoms with Crippen LogP contribution in [-0.2, 0) is 28.5 Å². The molecule has 0 saturated carbocycles. The monoisotopic (exact) mass is 298 g/mol. The highest BCUT2D eigenvalue weighted by molar-refractivity contribution is 5.67. The van der Waals surface area contributed by atoms with Gasteiger partial charge in [0, 0.05) is 13.8 Å².